The minimum Gasteiger partial charge on any atom is -0.383 e. The number of hydrogen-bond donors (Lipinski definition) is 2. The molecule has 4 heteroatoms. The van der Waals surface area contributed by atoms with Crippen molar-refractivity contribution in [3.8, 4) is 0 Å². The summed E-state index contributed by atoms with van der Waals surface area (Å²) >= 11 is 5.73. The first-order valence-electron chi connectivity index (χ1n) is 5.07. The van der Waals surface area contributed by atoms with Gasteiger partial charge in [0, 0.05) is 18.7 Å². The van der Waals surface area contributed by atoms with Crippen molar-refractivity contribution >= 4 is 23.0 Å². The summed E-state index contributed by atoms with van der Waals surface area (Å²) in [6.45, 7) is 5.10. The molecule has 0 bridgehead atoms. The SMILES string of the molecule is CC1CNc2cc(Cl)c(F)cc2NC1C. The molecular formula is C11H14ClFN2. The Morgan fingerprint density at radius 3 is 2.80 bits per heavy atom. The molecule has 1 aliphatic heterocycles. The summed E-state index contributed by atoms with van der Waals surface area (Å²) < 4.78 is 13.3. The summed E-state index contributed by atoms with van der Waals surface area (Å²) in [7, 11) is 0. The molecule has 82 valence electrons. The van der Waals surface area contributed by atoms with E-state index in [4.69, 9.17) is 11.6 Å². The van der Waals surface area contributed by atoms with E-state index in [-0.39, 0.29) is 10.8 Å². The Morgan fingerprint density at radius 1 is 1.33 bits per heavy atom. The number of hydrogen-bond acceptors (Lipinski definition) is 2. The number of anilines is 2. The topological polar surface area (TPSA) is 24.1 Å². The van der Waals surface area contributed by atoms with Crippen molar-refractivity contribution in [2.24, 2.45) is 5.92 Å². The highest BCUT2D eigenvalue weighted by Crippen LogP contribution is 2.31. The minimum absolute atomic E-state index is 0.158. The third-order valence-electron chi connectivity index (χ3n) is 2.91. The smallest absolute Gasteiger partial charge is 0.143 e. The highest BCUT2D eigenvalue weighted by molar-refractivity contribution is 6.31. The maximum Gasteiger partial charge on any atom is 0.143 e. The second-order valence-corrected chi connectivity index (χ2v) is 4.51. The molecule has 1 heterocycles. The second kappa shape index (κ2) is 3.89. The highest BCUT2D eigenvalue weighted by atomic mass is 35.5. The predicted molar refractivity (Wildman–Crippen MR) is 62.1 cm³/mol. The molecule has 2 atom stereocenters. The van der Waals surface area contributed by atoms with E-state index in [1.165, 1.54) is 6.07 Å². The Labute approximate surface area is 93.8 Å². The molecule has 0 saturated heterocycles. The van der Waals surface area contributed by atoms with E-state index in [1.54, 1.807) is 6.07 Å². The molecule has 0 aliphatic carbocycles. The minimum atomic E-state index is -0.383. The van der Waals surface area contributed by atoms with Crippen molar-refractivity contribution in [1.29, 1.82) is 0 Å². The molecule has 15 heavy (non-hydrogen) atoms. The lowest BCUT2D eigenvalue weighted by Crippen LogP contribution is -2.25. The van der Waals surface area contributed by atoms with Gasteiger partial charge in [-0.15, -0.1) is 0 Å². The second-order valence-electron chi connectivity index (χ2n) is 4.10. The van der Waals surface area contributed by atoms with E-state index in [2.05, 4.69) is 24.5 Å². The fraction of sp³-hybridized carbons (Fsp3) is 0.455. The summed E-state index contributed by atoms with van der Waals surface area (Å²) in [5.74, 6) is 0.103. The van der Waals surface area contributed by atoms with Crippen LogP contribution in [-0.4, -0.2) is 12.6 Å². The monoisotopic (exact) mass is 228 g/mol. The number of rotatable bonds is 0. The molecule has 0 fully saturated rings. The molecule has 0 saturated carbocycles. The standard InChI is InChI=1S/C11H14ClFN2/c1-6-5-14-10-3-8(12)9(13)4-11(10)15-7(6)2/h3-4,6-7,14-15H,5H2,1-2H3. The maximum absolute atomic E-state index is 13.3. The van der Waals surface area contributed by atoms with E-state index < -0.39 is 0 Å². The Kier molecular flexibility index (Phi) is 2.74. The fourth-order valence-corrected chi connectivity index (χ4v) is 1.81. The van der Waals surface area contributed by atoms with Gasteiger partial charge in [0.25, 0.3) is 0 Å². The van der Waals surface area contributed by atoms with Crippen LogP contribution in [0, 0.1) is 11.7 Å². The van der Waals surface area contributed by atoms with Gasteiger partial charge in [-0.25, -0.2) is 4.39 Å². The first kappa shape index (κ1) is 10.6. The molecule has 1 aliphatic rings. The molecule has 2 N–H and O–H groups in total. The predicted octanol–water partition coefficient (Wildman–Crippen LogP) is 3.34. The molecule has 2 unspecified atom stereocenters. The number of halogens is 2. The van der Waals surface area contributed by atoms with E-state index in [0.717, 1.165) is 17.9 Å². The van der Waals surface area contributed by atoms with Crippen LogP contribution in [0.1, 0.15) is 13.8 Å². The van der Waals surface area contributed by atoms with Gasteiger partial charge < -0.3 is 10.6 Å². The van der Waals surface area contributed by atoms with E-state index in [0.29, 0.717) is 12.0 Å². The average Bonchev–Trinajstić information content (AvgIpc) is 2.31. The highest BCUT2D eigenvalue weighted by Gasteiger charge is 2.19. The van der Waals surface area contributed by atoms with Gasteiger partial charge in [-0.2, -0.15) is 0 Å². The molecule has 1 aromatic carbocycles. The summed E-state index contributed by atoms with van der Waals surface area (Å²) in [4.78, 5) is 0. The number of fused-ring (bicyclic) bond motifs is 1. The zero-order valence-electron chi connectivity index (χ0n) is 8.77. The molecule has 0 aromatic heterocycles. The van der Waals surface area contributed by atoms with Gasteiger partial charge in [0.05, 0.1) is 16.4 Å². The van der Waals surface area contributed by atoms with Crippen molar-refractivity contribution in [1.82, 2.24) is 0 Å². The number of benzene rings is 1. The summed E-state index contributed by atoms with van der Waals surface area (Å²) in [5, 5.41) is 6.70. The van der Waals surface area contributed by atoms with Crippen LogP contribution in [-0.2, 0) is 0 Å². The van der Waals surface area contributed by atoms with Gasteiger partial charge in [-0.05, 0) is 18.9 Å². The van der Waals surface area contributed by atoms with Crippen LogP contribution >= 0.6 is 11.6 Å². The largest absolute Gasteiger partial charge is 0.383 e. The van der Waals surface area contributed by atoms with E-state index in [9.17, 15) is 4.39 Å². The van der Waals surface area contributed by atoms with Crippen LogP contribution in [0.15, 0.2) is 12.1 Å². The zero-order chi connectivity index (χ0) is 11.0. The molecule has 0 spiro atoms. The molecule has 0 amide bonds. The Balaban J connectivity index is 2.39. The molecule has 2 nitrogen and oxygen atoms in total. The molecule has 1 aromatic rings. The summed E-state index contributed by atoms with van der Waals surface area (Å²) in [6.07, 6.45) is 0. The maximum atomic E-state index is 13.3. The Hall–Kier alpha value is -0.960. The van der Waals surface area contributed by atoms with E-state index >= 15 is 0 Å². The van der Waals surface area contributed by atoms with Crippen LogP contribution in [0.4, 0.5) is 15.8 Å². The van der Waals surface area contributed by atoms with Crippen LogP contribution in [0.25, 0.3) is 0 Å². The fourth-order valence-electron chi connectivity index (χ4n) is 1.65. The normalized spacial score (nSPS) is 24.8. The van der Waals surface area contributed by atoms with E-state index in [1.807, 2.05) is 0 Å². The van der Waals surface area contributed by atoms with Crippen molar-refractivity contribution in [2.75, 3.05) is 17.2 Å². The van der Waals surface area contributed by atoms with Gasteiger partial charge in [-0.3, -0.25) is 0 Å². The van der Waals surface area contributed by atoms with Crippen molar-refractivity contribution < 1.29 is 4.39 Å². The van der Waals surface area contributed by atoms with Gasteiger partial charge >= 0.3 is 0 Å². The first-order chi connectivity index (χ1) is 7.08. The van der Waals surface area contributed by atoms with Gasteiger partial charge in [0.2, 0.25) is 0 Å². The summed E-state index contributed by atoms with van der Waals surface area (Å²) in [5.41, 5.74) is 1.66. The summed E-state index contributed by atoms with van der Waals surface area (Å²) in [6, 6.07) is 3.39. The van der Waals surface area contributed by atoms with Gasteiger partial charge in [0.15, 0.2) is 0 Å². The number of nitrogens with one attached hydrogen (secondary N) is 2. The molecule has 0 radical (unpaired) electrons. The van der Waals surface area contributed by atoms with Gasteiger partial charge in [0.1, 0.15) is 5.82 Å². The third kappa shape index (κ3) is 2.02. The van der Waals surface area contributed by atoms with Crippen LogP contribution in [0.2, 0.25) is 5.02 Å². The quantitative estimate of drug-likeness (QED) is 0.712. The van der Waals surface area contributed by atoms with Crippen LogP contribution in [0.5, 0.6) is 0 Å². The average molecular weight is 229 g/mol. The van der Waals surface area contributed by atoms with Crippen molar-refractivity contribution in [3.05, 3.63) is 23.0 Å². The Bertz CT molecular complexity index is 381. The van der Waals surface area contributed by atoms with Gasteiger partial charge in [-0.1, -0.05) is 18.5 Å². The zero-order valence-corrected chi connectivity index (χ0v) is 9.53. The lowest BCUT2D eigenvalue weighted by molar-refractivity contribution is 0.542. The third-order valence-corrected chi connectivity index (χ3v) is 3.20. The molecular weight excluding hydrogens is 215 g/mol. The van der Waals surface area contributed by atoms with Crippen LogP contribution < -0.4 is 10.6 Å². The first-order valence-corrected chi connectivity index (χ1v) is 5.45. The van der Waals surface area contributed by atoms with Crippen LogP contribution in [0.3, 0.4) is 0 Å². The molecule has 2 rings (SSSR count). The lowest BCUT2D eigenvalue weighted by Gasteiger charge is -2.17. The van der Waals surface area contributed by atoms with Crippen molar-refractivity contribution in [3.63, 3.8) is 0 Å². The Morgan fingerprint density at radius 2 is 2.07 bits per heavy atom. The van der Waals surface area contributed by atoms with Crippen molar-refractivity contribution in [2.45, 2.75) is 19.9 Å². The lowest BCUT2D eigenvalue weighted by atomic mass is 10.0.